The largest absolute Gasteiger partial charge is 0.299 e. The Balaban J connectivity index is 4.14. The summed E-state index contributed by atoms with van der Waals surface area (Å²) in [6, 6.07) is 0. The van der Waals surface area contributed by atoms with Crippen LogP contribution in [0.15, 0.2) is 23.8 Å². The summed E-state index contributed by atoms with van der Waals surface area (Å²) in [7, 11) is 0. The van der Waals surface area contributed by atoms with Crippen LogP contribution in [0.2, 0.25) is 0 Å². The lowest BCUT2D eigenvalue weighted by atomic mass is 9.95. The molecule has 0 N–H and O–H groups in total. The fraction of sp³-hybridized carbons (Fsp3) is 0.500. The second-order valence-electron chi connectivity index (χ2n) is 3.75. The summed E-state index contributed by atoms with van der Waals surface area (Å²) in [5.74, 6) is 0. The molecule has 0 saturated heterocycles. The Labute approximate surface area is 68.8 Å². The lowest BCUT2D eigenvalue weighted by Crippen LogP contribution is -1.98. The van der Waals surface area contributed by atoms with Crippen LogP contribution in [-0.2, 0) is 4.79 Å². The van der Waals surface area contributed by atoms with Crippen molar-refractivity contribution in [2.45, 2.75) is 27.7 Å². The first kappa shape index (κ1) is 10.2. The van der Waals surface area contributed by atoms with Crippen molar-refractivity contribution in [1.82, 2.24) is 0 Å². The molecule has 0 aliphatic rings. The number of hydrogen-bond acceptors (Lipinski definition) is 1. The number of rotatable bonds is 2. The highest BCUT2D eigenvalue weighted by atomic mass is 16.1. The van der Waals surface area contributed by atoms with E-state index in [1.165, 1.54) is 0 Å². The molecule has 11 heavy (non-hydrogen) atoms. The zero-order valence-corrected chi connectivity index (χ0v) is 7.72. The quantitative estimate of drug-likeness (QED) is 0.338. The van der Waals surface area contributed by atoms with Crippen LogP contribution < -0.4 is 0 Å². The summed E-state index contributed by atoms with van der Waals surface area (Å²) in [5, 5.41) is 0. The number of carbonyl (C=O) groups excluding carboxylic acids is 1. The molecule has 0 amide bonds. The molecule has 0 radical (unpaired) electrons. The van der Waals surface area contributed by atoms with Crippen LogP contribution in [0.1, 0.15) is 27.7 Å². The third kappa shape index (κ3) is 7.04. The van der Waals surface area contributed by atoms with E-state index < -0.39 is 0 Å². The minimum Gasteiger partial charge on any atom is -0.299 e. The first-order valence-electron chi connectivity index (χ1n) is 3.77. The number of aldehydes is 1. The van der Waals surface area contributed by atoms with E-state index in [-0.39, 0.29) is 5.41 Å². The molecule has 0 aromatic rings. The second-order valence-corrected chi connectivity index (χ2v) is 3.75. The van der Waals surface area contributed by atoms with E-state index in [2.05, 4.69) is 26.8 Å². The molecule has 0 unspecified atom stereocenters. The average Bonchev–Trinajstić information content (AvgIpc) is 1.83. The van der Waals surface area contributed by atoms with Crippen molar-refractivity contribution < 1.29 is 4.79 Å². The van der Waals surface area contributed by atoms with Crippen LogP contribution in [0.4, 0.5) is 0 Å². The van der Waals surface area contributed by atoms with Gasteiger partial charge in [0.25, 0.3) is 0 Å². The first-order valence-corrected chi connectivity index (χ1v) is 3.77. The predicted octanol–water partition coefficient (Wildman–Crippen LogP) is 2.73. The van der Waals surface area contributed by atoms with Gasteiger partial charge >= 0.3 is 0 Å². The average molecular weight is 152 g/mol. The van der Waals surface area contributed by atoms with Gasteiger partial charge in [0.05, 0.1) is 0 Å². The maximum Gasteiger partial charge on any atom is 0.143 e. The molecule has 1 nitrogen and oxygen atoms in total. The molecule has 0 aromatic carbocycles. The fourth-order valence-corrected chi connectivity index (χ4v) is 0.544. The summed E-state index contributed by atoms with van der Waals surface area (Å²) in [4.78, 5) is 10.0. The molecular weight excluding hydrogens is 136 g/mol. The normalized spacial score (nSPS) is 14.0. The maximum atomic E-state index is 10.0. The molecular formula is C10H16O. The lowest BCUT2D eigenvalue weighted by Gasteiger charge is -2.10. The van der Waals surface area contributed by atoms with Gasteiger partial charge in [0, 0.05) is 0 Å². The van der Waals surface area contributed by atoms with Crippen molar-refractivity contribution in [3.8, 4) is 0 Å². The van der Waals surface area contributed by atoms with Gasteiger partial charge in [0.2, 0.25) is 0 Å². The Kier molecular flexibility index (Phi) is 3.80. The highest BCUT2D eigenvalue weighted by Crippen LogP contribution is 2.15. The molecule has 1 heteroatoms. The first-order chi connectivity index (χ1) is 4.95. The third-order valence-electron chi connectivity index (χ3n) is 1.18. The van der Waals surface area contributed by atoms with E-state index in [0.29, 0.717) is 0 Å². The summed E-state index contributed by atoms with van der Waals surface area (Å²) in [6.45, 7) is 8.28. The Hall–Kier alpha value is -0.850. The SMILES string of the molecule is CC(=C/C=O)/C=C/C(C)(C)C. The van der Waals surface area contributed by atoms with Crippen LogP contribution >= 0.6 is 0 Å². The lowest BCUT2D eigenvalue weighted by molar-refractivity contribution is -0.104. The molecule has 0 atom stereocenters. The van der Waals surface area contributed by atoms with Crippen molar-refractivity contribution in [2.75, 3.05) is 0 Å². The molecule has 62 valence electrons. The third-order valence-corrected chi connectivity index (χ3v) is 1.18. The van der Waals surface area contributed by atoms with Gasteiger partial charge in [-0.2, -0.15) is 0 Å². The van der Waals surface area contributed by atoms with Crippen molar-refractivity contribution in [2.24, 2.45) is 5.41 Å². The van der Waals surface area contributed by atoms with Crippen LogP contribution in [0, 0.1) is 5.41 Å². The van der Waals surface area contributed by atoms with Crippen LogP contribution in [0.3, 0.4) is 0 Å². The molecule has 0 spiro atoms. The van der Waals surface area contributed by atoms with E-state index >= 15 is 0 Å². The van der Waals surface area contributed by atoms with Crippen molar-refractivity contribution in [3.05, 3.63) is 23.8 Å². The molecule has 0 aliphatic carbocycles. The van der Waals surface area contributed by atoms with E-state index in [1.54, 1.807) is 6.08 Å². The second kappa shape index (κ2) is 4.12. The van der Waals surface area contributed by atoms with Gasteiger partial charge in [-0.3, -0.25) is 4.79 Å². The summed E-state index contributed by atoms with van der Waals surface area (Å²) < 4.78 is 0. The van der Waals surface area contributed by atoms with Gasteiger partial charge in [0.1, 0.15) is 6.29 Å². The number of allylic oxidation sites excluding steroid dienone is 4. The van der Waals surface area contributed by atoms with Gasteiger partial charge in [0.15, 0.2) is 0 Å². The molecule has 0 bridgehead atoms. The molecule has 0 aromatic heterocycles. The molecule has 0 heterocycles. The highest BCUT2D eigenvalue weighted by Gasteiger charge is 2.02. The Morgan fingerprint density at radius 1 is 1.27 bits per heavy atom. The monoisotopic (exact) mass is 152 g/mol. The molecule has 0 saturated carbocycles. The fourth-order valence-electron chi connectivity index (χ4n) is 0.544. The molecule has 0 fully saturated rings. The van der Waals surface area contributed by atoms with E-state index in [0.717, 1.165) is 11.9 Å². The Morgan fingerprint density at radius 3 is 2.18 bits per heavy atom. The Bertz CT molecular complexity index is 180. The van der Waals surface area contributed by atoms with E-state index in [9.17, 15) is 4.79 Å². The van der Waals surface area contributed by atoms with Crippen LogP contribution in [-0.4, -0.2) is 6.29 Å². The van der Waals surface area contributed by atoms with Gasteiger partial charge < -0.3 is 0 Å². The van der Waals surface area contributed by atoms with Gasteiger partial charge in [-0.05, 0) is 24.0 Å². The predicted molar refractivity (Wildman–Crippen MR) is 48.4 cm³/mol. The van der Waals surface area contributed by atoms with Crippen LogP contribution in [0.5, 0.6) is 0 Å². The maximum absolute atomic E-state index is 10.0. The highest BCUT2D eigenvalue weighted by molar-refractivity contribution is 5.66. The van der Waals surface area contributed by atoms with Gasteiger partial charge in [-0.15, -0.1) is 0 Å². The minimum atomic E-state index is 0.192. The zero-order valence-electron chi connectivity index (χ0n) is 7.72. The van der Waals surface area contributed by atoms with Crippen molar-refractivity contribution in [1.29, 1.82) is 0 Å². The van der Waals surface area contributed by atoms with E-state index in [1.807, 2.05) is 13.0 Å². The summed E-state index contributed by atoms with van der Waals surface area (Å²) in [6.07, 6.45) is 6.42. The number of hydrogen-bond donors (Lipinski definition) is 0. The number of carbonyl (C=O) groups is 1. The van der Waals surface area contributed by atoms with Crippen LogP contribution in [0.25, 0.3) is 0 Å². The smallest absolute Gasteiger partial charge is 0.143 e. The van der Waals surface area contributed by atoms with E-state index in [4.69, 9.17) is 0 Å². The van der Waals surface area contributed by atoms with Gasteiger partial charge in [-0.25, -0.2) is 0 Å². The standard InChI is InChI=1S/C10H16O/c1-9(6-8-11)5-7-10(2,3)4/h5-8H,1-4H3/b7-5+,9-6-. The minimum absolute atomic E-state index is 0.192. The summed E-state index contributed by atoms with van der Waals surface area (Å²) >= 11 is 0. The summed E-state index contributed by atoms with van der Waals surface area (Å²) in [5.41, 5.74) is 1.19. The molecule has 0 rings (SSSR count). The topological polar surface area (TPSA) is 17.1 Å². The van der Waals surface area contributed by atoms with Crippen molar-refractivity contribution in [3.63, 3.8) is 0 Å². The Morgan fingerprint density at radius 2 is 1.82 bits per heavy atom. The van der Waals surface area contributed by atoms with Gasteiger partial charge in [-0.1, -0.05) is 32.9 Å². The van der Waals surface area contributed by atoms with Crippen molar-refractivity contribution >= 4 is 6.29 Å². The zero-order chi connectivity index (χ0) is 8.91. The molecule has 0 aliphatic heterocycles.